The first-order valence-corrected chi connectivity index (χ1v) is 9.96. The van der Waals surface area contributed by atoms with Crippen LogP contribution in [0.2, 0.25) is 0 Å². The van der Waals surface area contributed by atoms with Crippen LogP contribution in [0.25, 0.3) is 0 Å². The van der Waals surface area contributed by atoms with E-state index in [-0.39, 0.29) is 27.3 Å². The van der Waals surface area contributed by atoms with Crippen LogP contribution in [0.4, 0.5) is 20.2 Å². The number of hydrogen-bond acceptors (Lipinski definition) is 4. The Kier molecular flexibility index (Phi) is 6.04. The van der Waals surface area contributed by atoms with E-state index < -0.39 is 23.3 Å². The summed E-state index contributed by atoms with van der Waals surface area (Å²) in [6.07, 6.45) is 1.62. The van der Waals surface area contributed by atoms with Crippen molar-refractivity contribution in [1.29, 1.82) is 0 Å². The van der Waals surface area contributed by atoms with Gasteiger partial charge in [0.2, 0.25) is 0 Å². The van der Waals surface area contributed by atoms with Crippen molar-refractivity contribution in [2.75, 3.05) is 5.32 Å². The van der Waals surface area contributed by atoms with Crippen LogP contribution < -0.4 is 10.8 Å². The van der Waals surface area contributed by atoms with Gasteiger partial charge in [0.15, 0.2) is 5.79 Å². The van der Waals surface area contributed by atoms with Gasteiger partial charge in [-0.3, -0.25) is 4.79 Å². The molecule has 27 heavy (non-hydrogen) atoms. The summed E-state index contributed by atoms with van der Waals surface area (Å²) in [5.74, 6) is -3.39. The van der Waals surface area contributed by atoms with Crippen molar-refractivity contribution in [2.24, 2.45) is 5.92 Å². The SMILES string of the molecule is CC(O)(ONC(=O)c1cc(Br)c(F)cc1Nc1ccc(I)cc1F)C1CC1. The van der Waals surface area contributed by atoms with E-state index in [9.17, 15) is 18.7 Å². The number of carbonyl (C=O) groups is 1. The number of aliphatic hydroxyl groups is 1. The Balaban J connectivity index is 1.85. The molecule has 0 spiro atoms. The molecule has 1 aliphatic carbocycles. The minimum atomic E-state index is -1.48. The lowest BCUT2D eigenvalue weighted by Gasteiger charge is -2.23. The summed E-state index contributed by atoms with van der Waals surface area (Å²) in [5.41, 5.74) is 2.36. The van der Waals surface area contributed by atoms with E-state index in [0.717, 1.165) is 18.9 Å². The second kappa shape index (κ2) is 7.98. The normalized spacial score (nSPS) is 15.9. The third-order valence-electron chi connectivity index (χ3n) is 4.19. The molecular weight excluding hydrogens is 537 g/mol. The van der Waals surface area contributed by atoms with Crippen LogP contribution in [0.15, 0.2) is 34.8 Å². The Morgan fingerprint density at radius 1 is 1.26 bits per heavy atom. The Bertz CT molecular complexity index is 891. The predicted octanol–water partition coefficient (Wildman–Crippen LogP) is 4.86. The lowest BCUT2D eigenvalue weighted by molar-refractivity contribution is -0.230. The molecule has 1 fully saturated rings. The number of hydroxylamine groups is 1. The van der Waals surface area contributed by atoms with Gasteiger partial charge >= 0.3 is 0 Å². The van der Waals surface area contributed by atoms with Crippen LogP contribution in [0.3, 0.4) is 0 Å². The molecule has 1 aliphatic rings. The molecule has 0 heterocycles. The number of halogens is 4. The van der Waals surface area contributed by atoms with Crippen LogP contribution in [-0.4, -0.2) is 16.8 Å². The molecule has 0 bridgehead atoms. The highest BCUT2D eigenvalue weighted by molar-refractivity contribution is 14.1. The standard InChI is InChI=1S/C18H16BrF2IN2O3/c1-18(26,9-2-3-9)27-24-17(25)11-7-12(19)13(20)8-16(11)23-15-5-4-10(22)6-14(15)21/h4-9,23,26H,2-3H2,1H3,(H,24,25). The molecule has 0 aliphatic heterocycles. The maximum atomic E-state index is 14.1. The molecule has 0 radical (unpaired) electrons. The summed E-state index contributed by atoms with van der Waals surface area (Å²) in [4.78, 5) is 17.7. The molecule has 1 amide bonds. The lowest BCUT2D eigenvalue weighted by atomic mass is 10.1. The Morgan fingerprint density at radius 3 is 2.59 bits per heavy atom. The Morgan fingerprint density at radius 2 is 1.96 bits per heavy atom. The van der Waals surface area contributed by atoms with Gasteiger partial charge in [-0.1, -0.05) is 0 Å². The fourth-order valence-electron chi connectivity index (χ4n) is 2.48. The molecule has 9 heteroatoms. The molecule has 1 atom stereocenters. The zero-order chi connectivity index (χ0) is 19.8. The fraction of sp³-hybridized carbons (Fsp3) is 0.278. The molecular formula is C18H16BrF2IN2O3. The van der Waals surface area contributed by atoms with Gasteiger partial charge in [-0.2, -0.15) is 0 Å². The van der Waals surface area contributed by atoms with Crippen LogP contribution in [-0.2, 0) is 4.84 Å². The van der Waals surface area contributed by atoms with Crippen molar-refractivity contribution in [3.63, 3.8) is 0 Å². The Hall–Kier alpha value is -1.30. The summed E-state index contributed by atoms with van der Waals surface area (Å²) in [6.45, 7) is 1.46. The Labute approximate surface area is 176 Å². The average Bonchev–Trinajstić information content (AvgIpc) is 3.44. The van der Waals surface area contributed by atoms with Crippen molar-refractivity contribution >= 4 is 55.8 Å². The highest BCUT2D eigenvalue weighted by Gasteiger charge is 2.42. The molecule has 0 saturated heterocycles. The largest absolute Gasteiger partial charge is 0.364 e. The molecule has 1 unspecified atom stereocenters. The average molecular weight is 553 g/mol. The molecule has 3 rings (SSSR count). The summed E-state index contributed by atoms with van der Waals surface area (Å²) in [7, 11) is 0. The highest BCUT2D eigenvalue weighted by atomic mass is 127. The molecule has 2 aromatic carbocycles. The third-order valence-corrected chi connectivity index (χ3v) is 5.47. The van der Waals surface area contributed by atoms with Gasteiger partial charge in [-0.15, -0.1) is 0 Å². The highest BCUT2D eigenvalue weighted by Crippen LogP contribution is 2.39. The maximum Gasteiger partial charge on any atom is 0.277 e. The van der Waals surface area contributed by atoms with E-state index in [4.69, 9.17) is 4.84 Å². The summed E-state index contributed by atoms with van der Waals surface area (Å²) in [6, 6.07) is 6.82. The topological polar surface area (TPSA) is 70.6 Å². The number of rotatable bonds is 6. The van der Waals surface area contributed by atoms with Crippen LogP contribution in [0, 0.1) is 21.1 Å². The minimum absolute atomic E-state index is 0.0211. The summed E-state index contributed by atoms with van der Waals surface area (Å²) >= 11 is 5.00. The number of hydrogen-bond donors (Lipinski definition) is 3. The smallest absolute Gasteiger partial charge is 0.277 e. The predicted molar refractivity (Wildman–Crippen MR) is 108 cm³/mol. The van der Waals surface area contributed by atoms with Crippen LogP contribution in [0.1, 0.15) is 30.1 Å². The lowest BCUT2D eigenvalue weighted by Crippen LogP contribution is -2.39. The van der Waals surface area contributed by atoms with E-state index in [1.54, 1.807) is 6.07 Å². The third kappa shape index (κ3) is 4.95. The first kappa shape index (κ1) is 20.4. The van der Waals surface area contributed by atoms with E-state index in [0.29, 0.717) is 3.57 Å². The first-order valence-electron chi connectivity index (χ1n) is 8.09. The fourth-order valence-corrected chi connectivity index (χ4v) is 3.28. The van der Waals surface area contributed by atoms with E-state index in [2.05, 4.69) is 26.7 Å². The van der Waals surface area contributed by atoms with Crippen molar-refractivity contribution in [1.82, 2.24) is 5.48 Å². The first-order chi connectivity index (χ1) is 12.7. The second-order valence-corrected chi connectivity index (χ2v) is 8.52. The molecule has 2 aromatic rings. The van der Waals surface area contributed by atoms with Gasteiger partial charge in [-0.25, -0.2) is 19.1 Å². The number of carbonyl (C=O) groups excluding carboxylic acids is 1. The van der Waals surface area contributed by atoms with E-state index in [1.807, 2.05) is 22.6 Å². The van der Waals surface area contributed by atoms with Gasteiger partial charge in [0.05, 0.1) is 21.4 Å². The van der Waals surface area contributed by atoms with Crippen molar-refractivity contribution < 1.29 is 23.5 Å². The van der Waals surface area contributed by atoms with E-state index >= 15 is 0 Å². The quantitative estimate of drug-likeness (QED) is 0.272. The number of amides is 1. The zero-order valence-electron chi connectivity index (χ0n) is 14.2. The summed E-state index contributed by atoms with van der Waals surface area (Å²) < 4.78 is 28.9. The minimum Gasteiger partial charge on any atom is -0.364 e. The van der Waals surface area contributed by atoms with Crippen molar-refractivity contribution in [3.05, 3.63) is 55.6 Å². The second-order valence-electron chi connectivity index (χ2n) is 6.42. The number of nitrogens with one attached hydrogen (secondary N) is 2. The molecule has 0 aromatic heterocycles. The van der Waals surface area contributed by atoms with Gasteiger partial charge in [0.1, 0.15) is 11.6 Å². The van der Waals surface area contributed by atoms with Crippen LogP contribution in [0.5, 0.6) is 0 Å². The molecule has 3 N–H and O–H groups in total. The zero-order valence-corrected chi connectivity index (χ0v) is 17.9. The van der Waals surface area contributed by atoms with E-state index in [1.165, 1.54) is 25.1 Å². The molecule has 144 valence electrons. The van der Waals surface area contributed by atoms with Crippen LogP contribution >= 0.6 is 38.5 Å². The van der Waals surface area contributed by atoms with Gasteiger partial charge < -0.3 is 10.4 Å². The molecule has 1 saturated carbocycles. The van der Waals surface area contributed by atoms with Crippen molar-refractivity contribution in [2.45, 2.75) is 25.6 Å². The number of benzene rings is 2. The monoisotopic (exact) mass is 552 g/mol. The number of anilines is 2. The molecule has 5 nitrogen and oxygen atoms in total. The summed E-state index contributed by atoms with van der Waals surface area (Å²) in [5, 5.41) is 12.9. The van der Waals surface area contributed by atoms with Crippen molar-refractivity contribution in [3.8, 4) is 0 Å². The van der Waals surface area contributed by atoms with Gasteiger partial charge in [-0.05, 0) is 88.6 Å². The van der Waals surface area contributed by atoms with Gasteiger partial charge in [0.25, 0.3) is 5.91 Å². The van der Waals surface area contributed by atoms with Gasteiger partial charge in [0, 0.05) is 9.49 Å². The maximum absolute atomic E-state index is 14.1.